The van der Waals surface area contributed by atoms with Crippen LogP contribution in [0.2, 0.25) is 0 Å². The maximum absolute atomic E-state index is 12.6. The summed E-state index contributed by atoms with van der Waals surface area (Å²) in [5.41, 5.74) is 0.264. The summed E-state index contributed by atoms with van der Waals surface area (Å²) in [6.07, 6.45) is -1.30. The minimum atomic E-state index is -2.64. The number of alkyl halides is 2. The van der Waals surface area contributed by atoms with Crippen molar-refractivity contribution < 1.29 is 18.3 Å². The third-order valence-corrected chi connectivity index (χ3v) is 4.06. The van der Waals surface area contributed by atoms with Crippen molar-refractivity contribution in [1.82, 2.24) is 4.98 Å². The monoisotopic (exact) mass is 467 g/mol. The fraction of sp³-hybridized carbons (Fsp3) is 0.400. The van der Waals surface area contributed by atoms with Gasteiger partial charge in [-0.2, -0.15) is 0 Å². The molecule has 0 unspecified atom stereocenters. The summed E-state index contributed by atoms with van der Waals surface area (Å²) in [6.45, 7) is 1.98. The summed E-state index contributed by atoms with van der Waals surface area (Å²) in [5, 5.41) is 0. The highest BCUT2D eigenvalue weighted by molar-refractivity contribution is 14.1. The van der Waals surface area contributed by atoms with Gasteiger partial charge in [0.05, 0.1) is 13.0 Å². The molecule has 0 atom stereocenters. The van der Waals surface area contributed by atoms with E-state index in [1.807, 2.05) is 22.6 Å². The molecule has 0 spiro atoms. The third kappa shape index (κ3) is 3.97. The Morgan fingerprint density at radius 3 is 2.71 bits per heavy atom. The fourth-order valence-electron chi connectivity index (χ4n) is 1.19. The molecule has 0 radical (unpaired) electrons. The molecule has 0 aliphatic carbocycles. The first-order chi connectivity index (χ1) is 7.97. The Hall–Kier alpha value is -0.0600. The standard InChI is InChI=1S/C10H9F2I2NO2/c1-2-17-7(16)3-5-6(13)4-15-9(8(5)14)10(11)12/h4,10H,2-3H2,1H3. The van der Waals surface area contributed by atoms with E-state index >= 15 is 0 Å². The van der Waals surface area contributed by atoms with Crippen LogP contribution in [0.1, 0.15) is 24.6 Å². The molecule has 1 rings (SSSR count). The Morgan fingerprint density at radius 2 is 2.18 bits per heavy atom. The van der Waals surface area contributed by atoms with Crippen LogP contribution in [-0.4, -0.2) is 17.6 Å². The van der Waals surface area contributed by atoms with Crippen molar-refractivity contribution in [1.29, 1.82) is 0 Å². The number of pyridine rings is 1. The van der Waals surface area contributed by atoms with E-state index in [0.29, 0.717) is 12.7 Å². The highest BCUT2D eigenvalue weighted by Crippen LogP contribution is 2.28. The van der Waals surface area contributed by atoms with Crippen molar-refractivity contribution >= 4 is 51.2 Å². The van der Waals surface area contributed by atoms with Gasteiger partial charge in [0.2, 0.25) is 0 Å². The van der Waals surface area contributed by atoms with Gasteiger partial charge in [-0.15, -0.1) is 0 Å². The van der Waals surface area contributed by atoms with E-state index in [0.717, 1.165) is 0 Å². The first-order valence-electron chi connectivity index (χ1n) is 4.73. The van der Waals surface area contributed by atoms with Crippen LogP contribution in [0.15, 0.2) is 6.20 Å². The summed E-state index contributed by atoms with van der Waals surface area (Å²) in [6, 6.07) is 0. The lowest BCUT2D eigenvalue weighted by Crippen LogP contribution is -2.12. The number of carbonyl (C=O) groups excluding carboxylic acids is 1. The minimum absolute atomic E-state index is 0.00731. The number of hydrogen-bond donors (Lipinski definition) is 0. The number of nitrogens with zero attached hydrogens (tertiary/aromatic N) is 1. The van der Waals surface area contributed by atoms with Gasteiger partial charge in [0, 0.05) is 13.3 Å². The molecule has 0 bridgehead atoms. The molecule has 0 amide bonds. The van der Waals surface area contributed by atoms with Crippen molar-refractivity contribution in [3.05, 3.63) is 24.6 Å². The SMILES string of the molecule is CCOC(=O)Cc1c(I)cnc(C(F)F)c1I. The maximum Gasteiger partial charge on any atom is 0.310 e. The van der Waals surface area contributed by atoms with Crippen LogP contribution >= 0.6 is 45.2 Å². The number of ether oxygens (including phenoxy) is 1. The van der Waals surface area contributed by atoms with E-state index in [1.54, 1.807) is 29.5 Å². The van der Waals surface area contributed by atoms with Crippen LogP contribution < -0.4 is 0 Å². The molecule has 1 aromatic rings. The molecule has 0 N–H and O–H groups in total. The summed E-state index contributed by atoms with van der Waals surface area (Å²) in [5.74, 6) is -0.422. The van der Waals surface area contributed by atoms with E-state index < -0.39 is 12.4 Å². The second-order valence-electron chi connectivity index (χ2n) is 3.07. The average molecular weight is 467 g/mol. The molecule has 1 heterocycles. The highest BCUT2D eigenvalue weighted by Gasteiger charge is 2.20. The Labute approximate surface area is 125 Å². The smallest absolute Gasteiger partial charge is 0.310 e. The van der Waals surface area contributed by atoms with Gasteiger partial charge in [-0.3, -0.25) is 9.78 Å². The number of carbonyl (C=O) groups is 1. The molecular weight excluding hydrogens is 458 g/mol. The number of halogens is 4. The van der Waals surface area contributed by atoms with Crippen LogP contribution in [0.4, 0.5) is 8.78 Å². The summed E-state index contributed by atoms with van der Waals surface area (Å²) in [7, 11) is 0. The largest absolute Gasteiger partial charge is 0.466 e. The molecule has 0 aromatic carbocycles. The van der Waals surface area contributed by atoms with Gasteiger partial charge in [-0.25, -0.2) is 8.78 Å². The zero-order chi connectivity index (χ0) is 13.0. The molecule has 94 valence electrons. The quantitative estimate of drug-likeness (QED) is 0.504. The molecule has 0 fully saturated rings. The molecule has 0 saturated carbocycles. The van der Waals surface area contributed by atoms with Crippen LogP contribution in [0.3, 0.4) is 0 Å². The topological polar surface area (TPSA) is 39.2 Å². The van der Waals surface area contributed by atoms with E-state index in [-0.39, 0.29) is 18.7 Å². The Bertz CT molecular complexity index is 427. The number of rotatable bonds is 4. The van der Waals surface area contributed by atoms with Crippen molar-refractivity contribution in [3.8, 4) is 0 Å². The van der Waals surface area contributed by atoms with Crippen LogP contribution in [0.25, 0.3) is 0 Å². The molecule has 1 aromatic heterocycles. The number of hydrogen-bond acceptors (Lipinski definition) is 3. The van der Waals surface area contributed by atoms with E-state index in [2.05, 4.69) is 4.98 Å². The van der Waals surface area contributed by atoms with Crippen molar-refractivity contribution in [2.75, 3.05) is 6.61 Å². The Morgan fingerprint density at radius 1 is 1.53 bits per heavy atom. The van der Waals surface area contributed by atoms with E-state index in [4.69, 9.17) is 4.74 Å². The van der Waals surface area contributed by atoms with Gasteiger partial charge in [-0.05, 0) is 57.7 Å². The zero-order valence-corrected chi connectivity index (χ0v) is 13.2. The Kier molecular flexibility index (Phi) is 5.97. The third-order valence-electron chi connectivity index (χ3n) is 1.93. The van der Waals surface area contributed by atoms with Gasteiger partial charge >= 0.3 is 5.97 Å². The number of esters is 1. The zero-order valence-electron chi connectivity index (χ0n) is 8.84. The summed E-state index contributed by atoms with van der Waals surface area (Å²) < 4.78 is 31.1. The van der Waals surface area contributed by atoms with Gasteiger partial charge in [-0.1, -0.05) is 0 Å². The molecule has 0 aliphatic rings. The van der Waals surface area contributed by atoms with E-state index in [1.165, 1.54) is 6.20 Å². The predicted molar refractivity (Wildman–Crippen MR) is 75.0 cm³/mol. The molecule has 3 nitrogen and oxygen atoms in total. The first-order valence-corrected chi connectivity index (χ1v) is 6.89. The lowest BCUT2D eigenvalue weighted by atomic mass is 10.1. The molecule has 0 aliphatic heterocycles. The van der Waals surface area contributed by atoms with Crippen molar-refractivity contribution in [2.45, 2.75) is 19.8 Å². The lowest BCUT2D eigenvalue weighted by molar-refractivity contribution is -0.142. The van der Waals surface area contributed by atoms with Gasteiger partial charge < -0.3 is 4.74 Å². The second-order valence-corrected chi connectivity index (χ2v) is 5.31. The minimum Gasteiger partial charge on any atom is -0.466 e. The van der Waals surface area contributed by atoms with Gasteiger partial charge in [0.15, 0.2) is 0 Å². The first kappa shape index (κ1) is 15.0. The van der Waals surface area contributed by atoms with Crippen LogP contribution in [-0.2, 0) is 16.0 Å². The summed E-state index contributed by atoms with van der Waals surface area (Å²) in [4.78, 5) is 15.0. The Balaban J connectivity index is 3.05. The van der Waals surface area contributed by atoms with Gasteiger partial charge in [0.25, 0.3) is 6.43 Å². The normalized spacial score (nSPS) is 10.7. The van der Waals surface area contributed by atoms with Crippen LogP contribution in [0.5, 0.6) is 0 Å². The number of aromatic nitrogens is 1. The lowest BCUT2D eigenvalue weighted by Gasteiger charge is -2.10. The second kappa shape index (κ2) is 6.76. The highest BCUT2D eigenvalue weighted by atomic mass is 127. The molecule has 17 heavy (non-hydrogen) atoms. The molecule has 7 heteroatoms. The van der Waals surface area contributed by atoms with Crippen molar-refractivity contribution in [2.24, 2.45) is 0 Å². The average Bonchev–Trinajstić information content (AvgIpc) is 2.24. The van der Waals surface area contributed by atoms with Gasteiger partial charge in [0.1, 0.15) is 5.69 Å². The van der Waals surface area contributed by atoms with E-state index in [9.17, 15) is 13.6 Å². The molecular formula is C10H9F2I2NO2. The summed E-state index contributed by atoms with van der Waals surface area (Å²) >= 11 is 3.76. The molecule has 0 saturated heterocycles. The fourth-order valence-corrected chi connectivity index (χ4v) is 3.16. The predicted octanol–water partition coefficient (Wildman–Crippen LogP) is 3.33. The van der Waals surface area contributed by atoms with Crippen molar-refractivity contribution in [3.63, 3.8) is 0 Å². The van der Waals surface area contributed by atoms with Crippen LogP contribution in [0, 0.1) is 7.14 Å². The maximum atomic E-state index is 12.6.